The van der Waals surface area contributed by atoms with Crippen molar-refractivity contribution in [1.29, 1.82) is 0 Å². The molecule has 0 saturated carbocycles. The van der Waals surface area contributed by atoms with Crippen LogP contribution in [0.15, 0.2) is 72.8 Å². The molecule has 1 heterocycles. The molecular formula is C20H14FNO2. The smallest absolute Gasteiger partial charge is 0.252 e. The van der Waals surface area contributed by atoms with Crippen molar-refractivity contribution >= 4 is 5.91 Å². The molecule has 0 bridgehead atoms. The Labute approximate surface area is 138 Å². The van der Waals surface area contributed by atoms with Crippen molar-refractivity contribution in [3.8, 4) is 11.5 Å². The monoisotopic (exact) mass is 319 g/mol. The van der Waals surface area contributed by atoms with Crippen LogP contribution in [0.4, 0.5) is 4.39 Å². The molecule has 0 saturated heterocycles. The highest BCUT2D eigenvalue weighted by atomic mass is 19.1. The summed E-state index contributed by atoms with van der Waals surface area (Å²) in [5, 5.41) is 3.03. The number of para-hydroxylation sites is 2. The predicted octanol–water partition coefficient (Wildman–Crippen LogP) is 4.45. The van der Waals surface area contributed by atoms with Crippen molar-refractivity contribution in [2.24, 2.45) is 0 Å². The van der Waals surface area contributed by atoms with Crippen LogP contribution < -0.4 is 10.1 Å². The molecule has 0 aromatic heterocycles. The van der Waals surface area contributed by atoms with E-state index in [1.165, 1.54) is 24.3 Å². The van der Waals surface area contributed by atoms with Crippen LogP contribution in [-0.4, -0.2) is 5.91 Å². The molecule has 1 aliphatic heterocycles. The number of carbonyl (C=O) groups is 1. The standard InChI is InChI=1S/C20H14FNO2/c21-14-11-9-13(10-12-14)20(23)22-19-15-5-1-3-7-17(15)24-18-8-4-2-6-16(18)19/h1-12,19H,(H,22,23). The molecule has 4 rings (SSSR count). The van der Waals surface area contributed by atoms with Crippen molar-refractivity contribution in [2.45, 2.75) is 6.04 Å². The lowest BCUT2D eigenvalue weighted by Crippen LogP contribution is -2.31. The Morgan fingerprint density at radius 1 is 0.833 bits per heavy atom. The summed E-state index contributed by atoms with van der Waals surface area (Å²) in [4.78, 5) is 12.6. The van der Waals surface area contributed by atoms with Gasteiger partial charge in [0, 0.05) is 16.7 Å². The second-order valence-corrected chi connectivity index (χ2v) is 5.59. The fraction of sp³-hybridized carbons (Fsp3) is 0.0500. The molecular weight excluding hydrogens is 305 g/mol. The number of fused-ring (bicyclic) bond motifs is 2. The summed E-state index contributed by atoms with van der Waals surface area (Å²) in [6.07, 6.45) is 0. The number of halogens is 1. The average Bonchev–Trinajstić information content (AvgIpc) is 2.62. The van der Waals surface area contributed by atoms with Gasteiger partial charge >= 0.3 is 0 Å². The highest BCUT2D eigenvalue weighted by molar-refractivity contribution is 5.94. The number of rotatable bonds is 2. The van der Waals surface area contributed by atoms with E-state index in [2.05, 4.69) is 5.32 Å². The first kappa shape index (κ1) is 14.5. The first-order chi connectivity index (χ1) is 11.7. The zero-order valence-corrected chi connectivity index (χ0v) is 12.7. The van der Waals surface area contributed by atoms with Crippen molar-refractivity contribution in [2.75, 3.05) is 0 Å². The van der Waals surface area contributed by atoms with Gasteiger partial charge in [0.05, 0.1) is 6.04 Å². The van der Waals surface area contributed by atoms with Crippen LogP contribution in [-0.2, 0) is 0 Å². The van der Waals surface area contributed by atoms with Crippen molar-refractivity contribution in [3.05, 3.63) is 95.3 Å². The van der Waals surface area contributed by atoms with Gasteiger partial charge in [-0.3, -0.25) is 4.79 Å². The first-order valence-corrected chi connectivity index (χ1v) is 7.64. The van der Waals surface area contributed by atoms with Gasteiger partial charge in [0.15, 0.2) is 0 Å². The number of benzene rings is 3. The second-order valence-electron chi connectivity index (χ2n) is 5.59. The Hall–Kier alpha value is -3.14. The number of ether oxygens (including phenoxy) is 1. The van der Waals surface area contributed by atoms with Crippen LogP contribution >= 0.6 is 0 Å². The van der Waals surface area contributed by atoms with Crippen molar-refractivity contribution in [1.82, 2.24) is 5.32 Å². The maximum atomic E-state index is 13.1. The van der Waals surface area contributed by atoms with Gasteiger partial charge in [0.25, 0.3) is 5.91 Å². The minimum Gasteiger partial charge on any atom is -0.457 e. The summed E-state index contributed by atoms with van der Waals surface area (Å²) in [6, 6.07) is 20.4. The SMILES string of the molecule is O=C(NC1c2ccccc2Oc2ccccc21)c1ccc(F)cc1. The van der Waals surface area contributed by atoms with E-state index >= 15 is 0 Å². The Morgan fingerprint density at radius 3 is 1.96 bits per heavy atom. The fourth-order valence-electron chi connectivity index (χ4n) is 2.88. The number of hydrogen-bond donors (Lipinski definition) is 1. The fourth-order valence-corrected chi connectivity index (χ4v) is 2.88. The van der Waals surface area contributed by atoms with Crippen LogP contribution in [0.5, 0.6) is 11.5 Å². The molecule has 1 aliphatic rings. The highest BCUT2D eigenvalue weighted by Gasteiger charge is 2.28. The van der Waals surface area contributed by atoms with E-state index in [9.17, 15) is 9.18 Å². The largest absolute Gasteiger partial charge is 0.457 e. The molecule has 0 fully saturated rings. The van der Waals surface area contributed by atoms with E-state index in [0.717, 1.165) is 22.6 Å². The molecule has 4 heteroatoms. The molecule has 1 N–H and O–H groups in total. The topological polar surface area (TPSA) is 38.3 Å². The van der Waals surface area contributed by atoms with Gasteiger partial charge in [-0.15, -0.1) is 0 Å². The molecule has 1 amide bonds. The Morgan fingerprint density at radius 2 is 1.38 bits per heavy atom. The average molecular weight is 319 g/mol. The summed E-state index contributed by atoms with van der Waals surface area (Å²) in [5.74, 6) is 0.820. The molecule has 0 unspecified atom stereocenters. The number of amides is 1. The number of nitrogens with one attached hydrogen (secondary N) is 1. The minimum absolute atomic E-state index is 0.258. The summed E-state index contributed by atoms with van der Waals surface area (Å²) >= 11 is 0. The molecule has 24 heavy (non-hydrogen) atoms. The van der Waals surface area contributed by atoms with Gasteiger partial charge < -0.3 is 10.1 Å². The normalized spacial score (nSPS) is 12.7. The number of carbonyl (C=O) groups excluding carboxylic acids is 1. The van der Waals surface area contributed by atoms with Gasteiger partial charge in [-0.05, 0) is 36.4 Å². The molecule has 0 radical (unpaired) electrons. The lowest BCUT2D eigenvalue weighted by atomic mass is 9.94. The van der Waals surface area contributed by atoms with Crippen LogP contribution in [0.1, 0.15) is 27.5 Å². The predicted molar refractivity (Wildman–Crippen MR) is 88.7 cm³/mol. The third-order valence-electron chi connectivity index (χ3n) is 4.06. The summed E-state index contributed by atoms with van der Waals surface area (Å²) in [6.45, 7) is 0. The van der Waals surface area contributed by atoms with Crippen LogP contribution in [0.25, 0.3) is 0 Å². The molecule has 0 atom stereocenters. The highest BCUT2D eigenvalue weighted by Crippen LogP contribution is 2.42. The van der Waals surface area contributed by atoms with Gasteiger partial charge in [-0.25, -0.2) is 4.39 Å². The van der Waals surface area contributed by atoms with Crippen molar-refractivity contribution < 1.29 is 13.9 Å². The van der Waals surface area contributed by atoms with E-state index in [4.69, 9.17) is 4.74 Å². The summed E-state index contributed by atoms with van der Waals surface area (Å²) < 4.78 is 19.0. The van der Waals surface area contributed by atoms with Crippen LogP contribution in [0.3, 0.4) is 0 Å². The quantitative estimate of drug-likeness (QED) is 0.758. The molecule has 0 spiro atoms. The Bertz CT molecular complexity index is 860. The zero-order chi connectivity index (χ0) is 16.5. The molecule has 3 aromatic rings. The molecule has 3 nitrogen and oxygen atoms in total. The van der Waals surface area contributed by atoms with Crippen LogP contribution in [0, 0.1) is 5.82 Å². The maximum Gasteiger partial charge on any atom is 0.252 e. The molecule has 0 aliphatic carbocycles. The lowest BCUT2D eigenvalue weighted by Gasteiger charge is -2.28. The Balaban J connectivity index is 1.72. The Kier molecular flexibility index (Phi) is 3.50. The summed E-state index contributed by atoms with van der Waals surface area (Å²) in [5.41, 5.74) is 2.20. The second kappa shape index (κ2) is 5.81. The maximum absolute atomic E-state index is 13.1. The lowest BCUT2D eigenvalue weighted by molar-refractivity contribution is 0.0941. The minimum atomic E-state index is -0.367. The molecule has 3 aromatic carbocycles. The zero-order valence-electron chi connectivity index (χ0n) is 12.7. The van der Waals surface area contributed by atoms with E-state index in [-0.39, 0.29) is 17.8 Å². The van der Waals surface area contributed by atoms with Gasteiger partial charge in [0.1, 0.15) is 17.3 Å². The third kappa shape index (κ3) is 2.52. The van der Waals surface area contributed by atoms with Crippen molar-refractivity contribution in [3.63, 3.8) is 0 Å². The van der Waals surface area contributed by atoms with Gasteiger partial charge in [-0.1, -0.05) is 36.4 Å². The summed E-state index contributed by atoms with van der Waals surface area (Å²) in [7, 11) is 0. The van der Waals surface area contributed by atoms with E-state index in [0.29, 0.717) is 5.56 Å². The van der Waals surface area contributed by atoms with E-state index < -0.39 is 0 Å². The molecule has 118 valence electrons. The van der Waals surface area contributed by atoms with E-state index in [1.807, 2.05) is 48.5 Å². The first-order valence-electron chi connectivity index (χ1n) is 7.64. The van der Waals surface area contributed by atoms with Crippen LogP contribution in [0.2, 0.25) is 0 Å². The third-order valence-corrected chi connectivity index (χ3v) is 4.06. The van der Waals surface area contributed by atoms with E-state index in [1.54, 1.807) is 0 Å². The number of hydrogen-bond acceptors (Lipinski definition) is 2. The van der Waals surface area contributed by atoms with Gasteiger partial charge in [-0.2, -0.15) is 0 Å². The van der Waals surface area contributed by atoms with Gasteiger partial charge in [0.2, 0.25) is 0 Å².